The van der Waals surface area contributed by atoms with Gasteiger partial charge in [0.25, 0.3) is 0 Å². The molecular formula is C18H22ClN3O5S2. The largest absolute Gasteiger partial charge is 0.350 e. The van der Waals surface area contributed by atoms with Crippen molar-refractivity contribution in [2.75, 3.05) is 31.2 Å². The molecule has 0 heterocycles. The number of hydrogen-bond acceptors (Lipinski definition) is 5. The van der Waals surface area contributed by atoms with Crippen molar-refractivity contribution in [1.29, 1.82) is 0 Å². The standard InChI is InChI=1S/C18H22ClN3O5S2/c1-21(2)29(26,27)16-10-8-15(9-11-16)22(28(3,24)25)13-18(23)20-12-14-6-4-5-7-17(14)19/h4-11H,12-13H2,1-3H3,(H,20,23). The molecule has 1 amide bonds. The van der Waals surface area contributed by atoms with E-state index in [1.165, 1.54) is 38.4 Å². The van der Waals surface area contributed by atoms with Crippen LogP contribution in [0.15, 0.2) is 53.4 Å². The Kier molecular flexibility index (Phi) is 7.28. The third-order valence-corrected chi connectivity index (χ3v) is 7.36. The van der Waals surface area contributed by atoms with Crippen LogP contribution in [-0.4, -0.2) is 53.9 Å². The monoisotopic (exact) mass is 459 g/mol. The summed E-state index contributed by atoms with van der Waals surface area (Å²) in [6.07, 6.45) is 0.971. The number of anilines is 1. The molecule has 2 rings (SSSR count). The molecular weight excluding hydrogens is 438 g/mol. The van der Waals surface area contributed by atoms with Gasteiger partial charge in [0, 0.05) is 25.7 Å². The lowest BCUT2D eigenvalue weighted by Gasteiger charge is -2.22. The smallest absolute Gasteiger partial charge is 0.242 e. The lowest BCUT2D eigenvalue weighted by atomic mass is 10.2. The van der Waals surface area contributed by atoms with Crippen LogP contribution in [0.2, 0.25) is 5.02 Å². The van der Waals surface area contributed by atoms with Gasteiger partial charge in [-0.1, -0.05) is 29.8 Å². The molecule has 2 aromatic rings. The van der Waals surface area contributed by atoms with Crippen LogP contribution < -0.4 is 9.62 Å². The molecule has 8 nitrogen and oxygen atoms in total. The summed E-state index contributed by atoms with van der Waals surface area (Å²) in [6, 6.07) is 12.3. The first-order valence-corrected chi connectivity index (χ1v) is 12.1. The van der Waals surface area contributed by atoms with Crippen molar-refractivity contribution in [1.82, 2.24) is 9.62 Å². The Morgan fingerprint density at radius 1 is 1.00 bits per heavy atom. The predicted octanol–water partition coefficient (Wildman–Crippen LogP) is 1.67. The molecule has 2 aromatic carbocycles. The summed E-state index contributed by atoms with van der Waals surface area (Å²) in [7, 11) is -4.63. The molecule has 0 radical (unpaired) electrons. The topological polar surface area (TPSA) is 104 Å². The molecule has 0 aliphatic rings. The molecule has 29 heavy (non-hydrogen) atoms. The SMILES string of the molecule is CN(C)S(=O)(=O)c1ccc(N(CC(=O)NCc2ccccc2Cl)S(C)(=O)=O)cc1. The molecule has 0 spiro atoms. The van der Waals surface area contributed by atoms with Crippen molar-refractivity contribution >= 4 is 43.2 Å². The van der Waals surface area contributed by atoms with Crippen molar-refractivity contribution in [3.8, 4) is 0 Å². The summed E-state index contributed by atoms with van der Waals surface area (Å²) in [6.45, 7) is -0.306. The molecule has 0 bridgehead atoms. The van der Waals surface area contributed by atoms with Gasteiger partial charge in [-0.05, 0) is 35.9 Å². The number of hydrogen-bond donors (Lipinski definition) is 1. The number of sulfonamides is 2. The maximum atomic E-state index is 12.3. The maximum Gasteiger partial charge on any atom is 0.242 e. The van der Waals surface area contributed by atoms with E-state index < -0.39 is 32.5 Å². The van der Waals surface area contributed by atoms with Crippen molar-refractivity contribution < 1.29 is 21.6 Å². The number of halogens is 1. The minimum atomic E-state index is -3.78. The Bertz CT molecular complexity index is 1080. The van der Waals surface area contributed by atoms with Crippen LogP contribution in [-0.2, 0) is 31.4 Å². The Balaban J connectivity index is 2.18. The molecule has 0 aliphatic carbocycles. The Labute approximate surface area is 176 Å². The Morgan fingerprint density at radius 2 is 1.59 bits per heavy atom. The van der Waals surface area contributed by atoms with Crippen LogP contribution in [0.3, 0.4) is 0 Å². The number of nitrogens with one attached hydrogen (secondary N) is 1. The van der Waals surface area contributed by atoms with Crippen LogP contribution in [0.25, 0.3) is 0 Å². The number of amides is 1. The summed E-state index contributed by atoms with van der Waals surface area (Å²) < 4.78 is 50.6. The van der Waals surface area contributed by atoms with E-state index in [0.29, 0.717) is 10.6 Å². The number of rotatable bonds is 8. The average molecular weight is 460 g/mol. The third kappa shape index (κ3) is 5.92. The summed E-state index contributed by atoms with van der Waals surface area (Å²) in [5.41, 5.74) is 0.879. The fourth-order valence-electron chi connectivity index (χ4n) is 2.42. The van der Waals surface area contributed by atoms with E-state index in [-0.39, 0.29) is 17.1 Å². The third-order valence-electron chi connectivity index (χ3n) is 4.02. The molecule has 11 heteroatoms. The van der Waals surface area contributed by atoms with Gasteiger partial charge in [0.15, 0.2) is 0 Å². The second-order valence-electron chi connectivity index (χ2n) is 6.42. The molecule has 0 saturated heterocycles. The fourth-order valence-corrected chi connectivity index (χ4v) is 4.38. The van der Waals surface area contributed by atoms with E-state index in [1.807, 2.05) is 0 Å². The van der Waals surface area contributed by atoms with Gasteiger partial charge >= 0.3 is 0 Å². The minimum absolute atomic E-state index is 0.0165. The Hall–Kier alpha value is -2.14. The van der Waals surface area contributed by atoms with Crippen LogP contribution in [0.4, 0.5) is 5.69 Å². The number of carbonyl (C=O) groups excluding carboxylic acids is 1. The second kappa shape index (κ2) is 9.12. The highest BCUT2D eigenvalue weighted by atomic mass is 35.5. The summed E-state index contributed by atoms with van der Waals surface area (Å²) in [5, 5.41) is 3.12. The molecule has 0 fully saturated rings. The van der Waals surface area contributed by atoms with Gasteiger partial charge in [-0.2, -0.15) is 0 Å². The van der Waals surface area contributed by atoms with E-state index in [0.717, 1.165) is 14.9 Å². The first-order chi connectivity index (χ1) is 13.4. The minimum Gasteiger partial charge on any atom is -0.350 e. The quantitative estimate of drug-likeness (QED) is 0.646. The van der Waals surface area contributed by atoms with Gasteiger partial charge in [0.1, 0.15) is 6.54 Å². The lowest BCUT2D eigenvalue weighted by Crippen LogP contribution is -2.40. The van der Waals surface area contributed by atoms with Gasteiger partial charge in [-0.3, -0.25) is 9.10 Å². The molecule has 0 saturated carbocycles. The first kappa shape index (κ1) is 23.1. The van der Waals surface area contributed by atoms with Gasteiger partial charge in [-0.25, -0.2) is 21.1 Å². The van der Waals surface area contributed by atoms with Gasteiger partial charge in [0.2, 0.25) is 26.0 Å². The van der Waals surface area contributed by atoms with Gasteiger partial charge in [0.05, 0.1) is 16.8 Å². The summed E-state index contributed by atoms with van der Waals surface area (Å²) in [5.74, 6) is -0.527. The zero-order valence-electron chi connectivity index (χ0n) is 16.2. The number of benzene rings is 2. The zero-order chi connectivity index (χ0) is 21.8. The lowest BCUT2D eigenvalue weighted by molar-refractivity contribution is -0.119. The van der Waals surface area contributed by atoms with E-state index >= 15 is 0 Å². The predicted molar refractivity (Wildman–Crippen MR) is 113 cm³/mol. The van der Waals surface area contributed by atoms with Crippen LogP contribution in [0.5, 0.6) is 0 Å². The fraction of sp³-hybridized carbons (Fsp3) is 0.278. The van der Waals surface area contributed by atoms with E-state index in [2.05, 4.69) is 5.32 Å². The molecule has 0 aromatic heterocycles. The van der Waals surface area contributed by atoms with E-state index in [4.69, 9.17) is 11.6 Å². The Morgan fingerprint density at radius 3 is 2.10 bits per heavy atom. The van der Waals surface area contributed by atoms with Crippen molar-refractivity contribution in [2.45, 2.75) is 11.4 Å². The summed E-state index contributed by atoms with van der Waals surface area (Å²) in [4.78, 5) is 12.3. The molecule has 0 unspecified atom stereocenters. The number of carbonyl (C=O) groups is 1. The van der Waals surface area contributed by atoms with Crippen molar-refractivity contribution in [3.63, 3.8) is 0 Å². The zero-order valence-corrected chi connectivity index (χ0v) is 18.6. The van der Waals surface area contributed by atoms with E-state index in [1.54, 1.807) is 24.3 Å². The average Bonchev–Trinajstić information content (AvgIpc) is 2.64. The van der Waals surface area contributed by atoms with Crippen LogP contribution in [0, 0.1) is 0 Å². The molecule has 158 valence electrons. The van der Waals surface area contributed by atoms with Crippen molar-refractivity contribution in [3.05, 3.63) is 59.1 Å². The van der Waals surface area contributed by atoms with Crippen molar-refractivity contribution in [2.24, 2.45) is 0 Å². The molecule has 1 N–H and O–H groups in total. The van der Waals surface area contributed by atoms with Crippen LogP contribution in [0.1, 0.15) is 5.56 Å². The second-order valence-corrected chi connectivity index (χ2v) is 10.9. The summed E-state index contributed by atoms with van der Waals surface area (Å²) >= 11 is 6.05. The first-order valence-electron chi connectivity index (χ1n) is 8.43. The highest BCUT2D eigenvalue weighted by Crippen LogP contribution is 2.21. The maximum absolute atomic E-state index is 12.3. The molecule has 0 atom stereocenters. The molecule has 0 aliphatic heterocycles. The van der Waals surface area contributed by atoms with E-state index in [9.17, 15) is 21.6 Å². The normalized spacial score (nSPS) is 12.0. The highest BCUT2D eigenvalue weighted by molar-refractivity contribution is 7.92. The highest BCUT2D eigenvalue weighted by Gasteiger charge is 2.23. The van der Waals surface area contributed by atoms with Gasteiger partial charge in [-0.15, -0.1) is 0 Å². The van der Waals surface area contributed by atoms with Gasteiger partial charge < -0.3 is 5.32 Å². The van der Waals surface area contributed by atoms with Crippen LogP contribution >= 0.6 is 11.6 Å². The number of nitrogens with zero attached hydrogens (tertiary/aromatic N) is 2.